The highest BCUT2D eigenvalue weighted by atomic mass is 16.5. The van der Waals surface area contributed by atoms with Crippen LogP contribution in [0, 0.1) is 0 Å². The maximum Gasteiger partial charge on any atom is 0.237 e. The number of fused-ring (bicyclic) bond motifs is 1. The van der Waals surface area contributed by atoms with Crippen LogP contribution in [0.5, 0.6) is 5.88 Å². The van der Waals surface area contributed by atoms with Gasteiger partial charge in [0.15, 0.2) is 11.9 Å². The van der Waals surface area contributed by atoms with Crippen LogP contribution in [0.2, 0.25) is 0 Å². The normalized spacial score (nSPS) is 12.9. The molecule has 0 saturated carbocycles. The summed E-state index contributed by atoms with van der Waals surface area (Å²) in [5.74, 6) is 1.08. The lowest BCUT2D eigenvalue weighted by molar-refractivity contribution is 0.202. The van der Waals surface area contributed by atoms with Gasteiger partial charge in [-0.3, -0.25) is 5.10 Å². The molecule has 28 heavy (non-hydrogen) atoms. The van der Waals surface area contributed by atoms with Crippen LogP contribution in [0.3, 0.4) is 0 Å². The Morgan fingerprint density at radius 2 is 1.86 bits per heavy atom. The Morgan fingerprint density at radius 1 is 1.07 bits per heavy atom. The maximum absolute atomic E-state index is 6.16. The van der Waals surface area contributed by atoms with Crippen LogP contribution >= 0.6 is 0 Å². The largest absolute Gasteiger partial charge is 0.465 e. The van der Waals surface area contributed by atoms with Crippen molar-refractivity contribution in [2.24, 2.45) is 0 Å². The van der Waals surface area contributed by atoms with E-state index in [9.17, 15) is 0 Å². The Bertz CT molecular complexity index is 1090. The predicted octanol–water partition coefficient (Wildman–Crippen LogP) is 3.64. The average Bonchev–Trinajstić information content (AvgIpc) is 3.22. The molecule has 1 N–H and O–H groups in total. The van der Waals surface area contributed by atoms with Crippen molar-refractivity contribution in [1.82, 2.24) is 35.3 Å². The fourth-order valence-electron chi connectivity index (χ4n) is 2.88. The van der Waals surface area contributed by atoms with Crippen LogP contribution in [0.1, 0.15) is 45.3 Å². The number of H-pyrrole nitrogens is 1. The summed E-state index contributed by atoms with van der Waals surface area (Å²) in [6.45, 7) is 8.10. The van der Waals surface area contributed by atoms with Gasteiger partial charge in [-0.1, -0.05) is 51.1 Å². The van der Waals surface area contributed by atoms with Gasteiger partial charge in [-0.15, -0.1) is 5.10 Å². The highest BCUT2D eigenvalue weighted by molar-refractivity contribution is 5.88. The summed E-state index contributed by atoms with van der Waals surface area (Å²) in [6.07, 6.45) is 2.73. The molecule has 3 aromatic heterocycles. The molecule has 1 aromatic carbocycles. The van der Waals surface area contributed by atoms with Gasteiger partial charge in [-0.2, -0.15) is 10.2 Å². The standard InChI is InChI=1S/C20H21N7O/c1-12(18-21-11-23-27-18)28-19-17(20(2,3)4)24-14-10-22-26-15(16(14)25-19)13-8-6-5-7-9-13/h5-12H,1-4H3,(H,21,23,27). The Balaban J connectivity index is 1.88. The molecule has 0 aliphatic heterocycles. The van der Waals surface area contributed by atoms with E-state index < -0.39 is 0 Å². The number of hydrogen-bond donors (Lipinski definition) is 1. The molecular formula is C20H21N7O. The van der Waals surface area contributed by atoms with Crippen LogP contribution < -0.4 is 4.74 Å². The zero-order valence-corrected chi connectivity index (χ0v) is 16.2. The lowest BCUT2D eigenvalue weighted by atomic mass is 9.92. The molecule has 1 unspecified atom stereocenters. The van der Waals surface area contributed by atoms with Crippen molar-refractivity contribution < 1.29 is 4.74 Å². The molecule has 142 valence electrons. The number of nitrogens with zero attached hydrogens (tertiary/aromatic N) is 6. The summed E-state index contributed by atoms with van der Waals surface area (Å²) in [4.78, 5) is 13.8. The number of benzene rings is 1. The van der Waals surface area contributed by atoms with Crippen LogP contribution in [0.25, 0.3) is 22.3 Å². The third kappa shape index (κ3) is 3.40. The monoisotopic (exact) mass is 375 g/mol. The first-order valence-electron chi connectivity index (χ1n) is 9.05. The fourth-order valence-corrected chi connectivity index (χ4v) is 2.88. The van der Waals surface area contributed by atoms with Crippen molar-refractivity contribution in [3.8, 4) is 17.1 Å². The third-order valence-corrected chi connectivity index (χ3v) is 4.32. The Labute approximate surface area is 162 Å². The SMILES string of the molecule is CC(Oc1nc2c(-c3ccccc3)nncc2nc1C(C)(C)C)c1ncn[nH]1. The average molecular weight is 375 g/mol. The number of nitrogens with one attached hydrogen (secondary N) is 1. The van der Waals surface area contributed by atoms with Crippen LogP contribution in [0.15, 0.2) is 42.9 Å². The van der Waals surface area contributed by atoms with E-state index in [1.54, 1.807) is 6.20 Å². The minimum atomic E-state index is -0.356. The van der Waals surface area contributed by atoms with E-state index in [0.29, 0.717) is 28.4 Å². The van der Waals surface area contributed by atoms with Crippen molar-refractivity contribution in [2.45, 2.75) is 39.2 Å². The molecule has 0 fully saturated rings. The van der Waals surface area contributed by atoms with E-state index in [2.05, 4.69) is 46.1 Å². The second-order valence-corrected chi connectivity index (χ2v) is 7.55. The minimum Gasteiger partial charge on any atom is -0.465 e. The molecule has 3 heterocycles. The van der Waals surface area contributed by atoms with Crippen LogP contribution in [-0.4, -0.2) is 35.3 Å². The van der Waals surface area contributed by atoms with E-state index in [0.717, 1.165) is 11.3 Å². The van der Waals surface area contributed by atoms with Crippen molar-refractivity contribution in [3.63, 3.8) is 0 Å². The van der Waals surface area contributed by atoms with Gasteiger partial charge < -0.3 is 4.74 Å². The molecule has 0 amide bonds. The van der Waals surface area contributed by atoms with Crippen molar-refractivity contribution in [1.29, 1.82) is 0 Å². The predicted molar refractivity (Wildman–Crippen MR) is 105 cm³/mol. The molecule has 8 heteroatoms. The van der Waals surface area contributed by atoms with E-state index in [-0.39, 0.29) is 11.5 Å². The van der Waals surface area contributed by atoms with Gasteiger partial charge in [0, 0.05) is 11.0 Å². The molecule has 0 radical (unpaired) electrons. The smallest absolute Gasteiger partial charge is 0.237 e. The van der Waals surface area contributed by atoms with E-state index >= 15 is 0 Å². The van der Waals surface area contributed by atoms with Crippen LogP contribution in [0.4, 0.5) is 0 Å². The van der Waals surface area contributed by atoms with Crippen LogP contribution in [-0.2, 0) is 5.41 Å². The lowest BCUT2D eigenvalue weighted by Crippen LogP contribution is -2.19. The van der Waals surface area contributed by atoms with Crippen molar-refractivity contribution >= 4 is 11.0 Å². The van der Waals surface area contributed by atoms with Gasteiger partial charge in [0.2, 0.25) is 5.88 Å². The zero-order valence-electron chi connectivity index (χ0n) is 16.2. The Kier molecular flexibility index (Phi) is 4.46. The maximum atomic E-state index is 6.16. The van der Waals surface area contributed by atoms with E-state index in [1.807, 2.05) is 37.3 Å². The summed E-state index contributed by atoms with van der Waals surface area (Å²) in [5, 5.41) is 15.2. The van der Waals surface area contributed by atoms with E-state index in [4.69, 9.17) is 14.7 Å². The molecule has 1 atom stereocenters. The Morgan fingerprint density at radius 3 is 2.54 bits per heavy atom. The lowest BCUT2D eigenvalue weighted by Gasteiger charge is -2.23. The van der Waals surface area contributed by atoms with Gasteiger partial charge in [0.25, 0.3) is 0 Å². The number of aromatic amines is 1. The molecule has 8 nitrogen and oxygen atoms in total. The highest BCUT2D eigenvalue weighted by Crippen LogP contribution is 2.34. The molecule has 0 aliphatic carbocycles. The summed E-state index contributed by atoms with van der Waals surface area (Å²) in [5.41, 5.74) is 3.40. The van der Waals surface area contributed by atoms with Gasteiger partial charge in [-0.25, -0.2) is 15.0 Å². The van der Waals surface area contributed by atoms with Gasteiger partial charge in [0.05, 0.1) is 6.20 Å². The highest BCUT2D eigenvalue weighted by Gasteiger charge is 2.26. The molecule has 0 spiro atoms. The number of ether oxygens (including phenoxy) is 1. The summed E-state index contributed by atoms with van der Waals surface area (Å²) in [6, 6.07) is 9.81. The molecule has 0 bridgehead atoms. The molecule has 0 saturated heterocycles. The molecular weight excluding hydrogens is 354 g/mol. The summed E-state index contributed by atoms with van der Waals surface area (Å²) in [7, 11) is 0. The van der Waals surface area contributed by atoms with Gasteiger partial charge in [-0.05, 0) is 6.92 Å². The van der Waals surface area contributed by atoms with Gasteiger partial charge >= 0.3 is 0 Å². The fraction of sp³-hybridized carbons (Fsp3) is 0.300. The molecule has 4 aromatic rings. The first-order valence-corrected chi connectivity index (χ1v) is 9.05. The third-order valence-electron chi connectivity index (χ3n) is 4.32. The van der Waals surface area contributed by atoms with Crippen molar-refractivity contribution in [2.75, 3.05) is 0 Å². The topological polar surface area (TPSA) is 102 Å². The second-order valence-electron chi connectivity index (χ2n) is 7.55. The second kappa shape index (κ2) is 6.95. The van der Waals surface area contributed by atoms with Gasteiger partial charge in [0.1, 0.15) is 28.7 Å². The zero-order chi connectivity index (χ0) is 19.7. The Hall–Kier alpha value is -3.42. The molecule has 0 aliphatic rings. The van der Waals surface area contributed by atoms with E-state index in [1.165, 1.54) is 6.33 Å². The first-order chi connectivity index (χ1) is 13.4. The molecule has 4 rings (SSSR count). The number of rotatable bonds is 4. The minimum absolute atomic E-state index is 0.270. The first kappa shape index (κ1) is 18.0. The quantitative estimate of drug-likeness (QED) is 0.581. The number of hydrogen-bond acceptors (Lipinski definition) is 7. The number of aromatic nitrogens is 7. The summed E-state index contributed by atoms with van der Waals surface area (Å²) < 4.78 is 6.16. The van der Waals surface area contributed by atoms with Crippen molar-refractivity contribution in [3.05, 3.63) is 54.4 Å². The summed E-state index contributed by atoms with van der Waals surface area (Å²) >= 11 is 0.